The molecule has 2 atom stereocenters. The molecule has 10 heteroatoms. The second-order valence-electron chi connectivity index (χ2n) is 13.8. The predicted molar refractivity (Wildman–Crippen MR) is 217 cm³/mol. The number of carbonyl (C=O) groups excluding carboxylic acids is 2. The molecule has 0 aromatic heterocycles. The second-order valence-corrected chi connectivity index (χ2v) is 15.0. The highest BCUT2D eigenvalue weighted by Gasteiger charge is 2.22. The van der Waals surface area contributed by atoms with Crippen LogP contribution in [0.15, 0.2) is 60.8 Å². The number of rotatable bonds is 37. The Bertz CT molecular complexity index is 1060. The van der Waals surface area contributed by atoms with E-state index in [9.17, 15) is 19.3 Å². The van der Waals surface area contributed by atoms with Crippen molar-refractivity contribution in [3.05, 3.63) is 60.8 Å². The van der Waals surface area contributed by atoms with Crippen molar-refractivity contribution in [3.63, 3.8) is 0 Å². The molecular weight excluding hydrogens is 691 g/mol. The quantitative estimate of drug-likeness (QED) is 0.0185. The van der Waals surface area contributed by atoms with Crippen molar-refractivity contribution >= 4 is 19.8 Å². The SMILES string of the molecule is CCCCC/C=C\C[C@@H](O)/C=C/C=C\C/C=C\CCCC(=O)OC[C@H](COP(=O)(O)O)OC(=O)CCCCCCCCC/C=C\CCCCCCCC. The zero-order valence-corrected chi connectivity index (χ0v) is 34.2. The van der Waals surface area contributed by atoms with Gasteiger partial charge in [0, 0.05) is 12.8 Å². The van der Waals surface area contributed by atoms with E-state index in [2.05, 4.69) is 36.6 Å². The second kappa shape index (κ2) is 38.0. The van der Waals surface area contributed by atoms with Crippen LogP contribution < -0.4 is 0 Å². The van der Waals surface area contributed by atoms with Crippen LogP contribution in [0.2, 0.25) is 0 Å². The molecule has 0 bridgehead atoms. The van der Waals surface area contributed by atoms with E-state index in [-0.39, 0.29) is 19.4 Å². The van der Waals surface area contributed by atoms with Gasteiger partial charge in [-0.3, -0.25) is 14.1 Å². The van der Waals surface area contributed by atoms with Gasteiger partial charge in [-0.2, -0.15) is 0 Å². The summed E-state index contributed by atoms with van der Waals surface area (Å²) in [4.78, 5) is 42.8. The molecule has 0 saturated heterocycles. The fourth-order valence-electron chi connectivity index (χ4n) is 5.44. The van der Waals surface area contributed by atoms with Crippen LogP contribution in [0.5, 0.6) is 0 Å². The van der Waals surface area contributed by atoms with Crippen molar-refractivity contribution in [2.24, 2.45) is 0 Å². The Kier molecular flexibility index (Phi) is 36.4. The van der Waals surface area contributed by atoms with Gasteiger partial charge >= 0.3 is 19.8 Å². The van der Waals surface area contributed by atoms with E-state index in [1.54, 1.807) is 6.08 Å². The monoisotopic (exact) mass is 767 g/mol. The maximum Gasteiger partial charge on any atom is 0.469 e. The van der Waals surface area contributed by atoms with Crippen molar-refractivity contribution in [2.45, 2.75) is 187 Å². The molecular formula is C43H75O9P. The fraction of sp³-hybridized carbons (Fsp3) is 0.721. The Hall–Kier alpha value is -2.29. The molecule has 0 aliphatic heterocycles. The molecule has 0 amide bonds. The normalized spacial score (nSPS) is 13.7. The molecule has 0 heterocycles. The first-order valence-electron chi connectivity index (χ1n) is 20.7. The Labute approximate surface area is 322 Å². The van der Waals surface area contributed by atoms with Gasteiger partial charge in [0.15, 0.2) is 6.10 Å². The first kappa shape index (κ1) is 50.7. The third-order valence-electron chi connectivity index (χ3n) is 8.59. The summed E-state index contributed by atoms with van der Waals surface area (Å²) in [6.45, 7) is 3.52. The van der Waals surface area contributed by atoms with Gasteiger partial charge in [-0.25, -0.2) is 4.57 Å². The van der Waals surface area contributed by atoms with Crippen LogP contribution in [0.1, 0.15) is 174 Å². The molecule has 53 heavy (non-hydrogen) atoms. The topological polar surface area (TPSA) is 140 Å². The lowest BCUT2D eigenvalue weighted by Gasteiger charge is -2.18. The van der Waals surface area contributed by atoms with Crippen molar-refractivity contribution < 1.29 is 43.0 Å². The summed E-state index contributed by atoms with van der Waals surface area (Å²) >= 11 is 0. The van der Waals surface area contributed by atoms with Gasteiger partial charge in [-0.15, -0.1) is 0 Å². The summed E-state index contributed by atoms with van der Waals surface area (Å²) in [5, 5.41) is 9.99. The van der Waals surface area contributed by atoms with E-state index in [1.165, 1.54) is 83.5 Å². The third kappa shape index (κ3) is 40.7. The summed E-state index contributed by atoms with van der Waals surface area (Å²) in [6.07, 6.45) is 44.0. The maximum atomic E-state index is 12.4. The van der Waals surface area contributed by atoms with Crippen LogP contribution in [-0.2, 0) is 28.2 Å². The lowest BCUT2D eigenvalue weighted by molar-refractivity contribution is -0.161. The van der Waals surface area contributed by atoms with Crippen LogP contribution in [0.25, 0.3) is 0 Å². The molecule has 0 aliphatic carbocycles. The van der Waals surface area contributed by atoms with E-state index < -0.39 is 38.6 Å². The van der Waals surface area contributed by atoms with Crippen molar-refractivity contribution in [3.8, 4) is 0 Å². The van der Waals surface area contributed by atoms with Crippen molar-refractivity contribution in [1.82, 2.24) is 0 Å². The maximum absolute atomic E-state index is 12.4. The zero-order valence-electron chi connectivity index (χ0n) is 33.3. The number of carbonyl (C=O) groups is 2. The molecule has 0 aromatic carbocycles. The number of phosphoric ester groups is 1. The molecule has 0 aromatic rings. The molecule has 306 valence electrons. The number of unbranched alkanes of at least 4 members (excludes halogenated alkanes) is 17. The number of esters is 2. The molecule has 9 nitrogen and oxygen atoms in total. The summed E-state index contributed by atoms with van der Waals surface area (Å²) in [6, 6.07) is 0. The highest BCUT2D eigenvalue weighted by atomic mass is 31.2. The number of phosphoric acid groups is 1. The van der Waals surface area contributed by atoms with Gasteiger partial charge < -0.3 is 24.4 Å². The number of aliphatic hydroxyl groups is 1. The van der Waals surface area contributed by atoms with E-state index in [1.807, 2.05) is 36.5 Å². The van der Waals surface area contributed by atoms with Crippen LogP contribution in [0.3, 0.4) is 0 Å². The highest BCUT2D eigenvalue weighted by molar-refractivity contribution is 7.46. The highest BCUT2D eigenvalue weighted by Crippen LogP contribution is 2.36. The minimum atomic E-state index is -4.78. The average Bonchev–Trinajstić information content (AvgIpc) is 3.12. The predicted octanol–water partition coefficient (Wildman–Crippen LogP) is 11.5. The first-order chi connectivity index (χ1) is 25.7. The van der Waals surface area contributed by atoms with Gasteiger partial charge in [0.1, 0.15) is 6.61 Å². The lowest BCUT2D eigenvalue weighted by Crippen LogP contribution is -2.29. The number of ether oxygens (including phenoxy) is 2. The third-order valence-corrected chi connectivity index (χ3v) is 9.07. The Balaban J connectivity index is 4.10. The number of hydrogen-bond donors (Lipinski definition) is 3. The van der Waals surface area contributed by atoms with Gasteiger partial charge in [0.2, 0.25) is 0 Å². The minimum absolute atomic E-state index is 0.157. The molecule has 0 aliphatic rings. The van der Waals surface area contributed by atoms with Crippen LogP contribution in [0.4, 0.5) is 0 Å². The number of allylic oxidation sites excluding steroid dienone is 8. The summed E-state index contributed by atoms with van der Waals surface area (Å²) < 4.78 is 26.3. The first-order valence-corrected chi connectivity index (χ1v) is 22.2. The fourth-order valence-corrected chi connectivity index (χ4v) is 5.80. The summed E-state index contributed by atoms with van der Waals surface area (Å²) in [7, 11) is -4.78. The van der Waals surface area contributed by atoms with Crippen LogP contribution in [-0.4, -0.2) is 52.3 Å². The van der Waals surface area contributed by atoms with Crippen molar-refractivity contribution in [1.29, 1.82) is 0 Å². The van der Waals surface area contributed by atoms with Gasteiger partial charge in [-0.1, -0.05) is 152 Å². The van der Waals surface area contributed by atoms with Gasteiger partial charge in [-0.05, 0) is 70.6 Å². The number of hydrogen-bond acceptors (Lipinski definition) is 7. The van der Waals surface area contributed by atoms with E-state index in [0.717, 1.165) is 38.5 Å². The van der Waals surface area contributed by atoms with Gasteiger partial charge in [0.05, 0.1) is 12.7 Å². The Morgan fingerprint density at radius 3 is 1.74 bits per heavy atom. The average molecular weight is 767 g/mol. The molecule has 0 fully saturated rings. The molecule has 0 unspecified atom stereocenters. The van der Waals surface area contributed by atoms with Crippen LogP contribution in [0, 0.1) is 0 Å². The summed E-state index contributed by atoms with van der Waals surface area (Å²) in [5.74, 6) is -0.997. The van der Waals surface area contributed by atoms with E-state index in [4.69, 9.17) is 19.3 Å². The van der Waals surface area contributed by atoms with Crippen molar-refractivity contribution in [2.75, 3.05) is 13.2 Å². The standard InChI is InChI=1S/C43H75O9P/c1-3-5-7-9-11-12-13-14-15-16-17-18-19-20-25-29-33-37-43(46)52-41(39-51-53(47,48)49)38-50-42(45)36-32-28-24-22-21-23-27-31-35-40(44)34-30-26-10-8-6-4-2/h14-15,22-24,26-27,30-31,35,40-41,44H,3-13,16-21,25,28-29,32-34,36-39H2,1-2H3,(H2,47,48,49)/b15-14-,24-22-,27-23-,30-26-,35-31+/t40-,41-/m1/s1. The minimum Gasteiger partial charge on any atom is -0.462 e. The zero-order chi connectivity index (χ0) is 39.1. The molecule has 0 spiro atoms. The Morgan fingerprint density at radius 1 is 0.585 bits per heavy atom. The smallest absolute Gasteiger partial charge is 0.462 e. The largest absolute Gasteiger partial charge is 0.469 e. The molecule has 3 N–H and O–H groups in total. The number of aliphatic hydroxyl groups excluding tert-OH is 1. The molecule has 0 radical (unpaired) electrons. The summed E-state index contributed by atoms with van der Waals surface area (Å²) in [5.41, 5.74) is 0. The molecule has 0 rings (SSSR count). The van der Waals surface area contributed by atoms with E-state index in [0.29, 0.717) is 25.7 Å². The van der Waals surface area contributed by atoms with Gasteiger partial charge in [0.25, 0.3) is 0 Å². The van der Waals surface area contributed by atoms with Crippen LogP contribution >= 0.6 is 7.82 Å². The lowest BCUT2D eigenvalue weighted by atomic mass is 10.1. The van der Waals surface area contributed by atoms with E-state index >= 15 is 0 Å². The molecule has 0 saturated carbocycles. The Morgan fingerprint density at radius 2 is 1.09 bits per heavy atom.